The Labute approximate surface area is 229 Å². The van der Waals surface area contributed by atoms with Crippen molar-refractivity contribution in [2.45, 2.75) is 41.9 Å². The molecule has 40 heavy (non-hydrogen) atoms. The number of benzene rings is 1. The highest BCUT2D eigenvalue weighted by Gasteiger charge is 2.42. The number of halogens is 3. The number of amides is 1. The van der Waals surface area contributed by atoms with Crippen LogP contribution in [0.5, 0.6) is 5.75 Å². The third-order valence-electron chi connectivity index (χ3n) is 6.68. The van der Waals surface area contributed by atoms with Crippen LogP contribution in [0.3, 0.4) is 0 Å². The van der Waals surface area contributed by atoms with Crippen molar-refractivity contribution < 1.29 is 41.0 Å². The highest BCUT2D eigenvalue weighted by atomic mass is 32.2. The summed E-state index contributed by atoms with van der Waals surface area (Å²) < 4.78 is 71.8. The summed E-state index contributed by atoms with van der Waals surface area (Å²) in [7, 11) is -4.14. The van der Waals surface area contributed by atoms with Gasteiger partial charge in [0, 0.05) is 37.6 Å². The van der Waals surface area contributed by atoms with Gasteiger partial charge in [-0.05, 0) is 42.0 Å². The molecule has 2 fully saturated rings. The second-order valence-electron chi connectivity index (χ2n) is 9.28. The standard InChI is InChI=1S/C23H23F3N6O6S2/c24-23(25,26)38-17-10-14-12(2-4-28-19(14)27)8-13(17)9-16(21(34)35)32-7-3-15(20(32)33)30-40(36,37)18-11-29-22(39-18)31-5-1-6-31/h2,4,8,10-11,15-16,30H,1,3,5-7,9H2,(H2,27,28)(H,34,35)/t15-,16?/m0/s1. The molecule has 1 unspecified atom stereocenters. The summed E-state index contributed by atoms with van der Waals surface area (Å²) in [6.45, 7) is 1.40. The number of aliphatic carboxylic acids is 1. The number of carboxylic acids is 1. The Hall–Kier alpha value is -3.70. The lowest BCUT2D eigenvalue weighted by atomic mass is 10.00. The van der Waals surface area contributed by atoms with E-state index in [1.165, 1.54) is 24.5 Å². The third kappa shape index (κ3) is 5.62. The predicted octanol–water partition coefficient (Wildman–Crippen LogP) is 1.96. The van der Waals surface area contributed by atoms with Crippen molar-refractivity contribution >= 4 is 55.0 Å². The smallest absolute Gasteiger partial charge is 0.480 e. The first-order valence-corrected chi connectivity index (χ1v) is 14.3. The first-order chi connectivity index (χ1) is 18.8. The molecule has 17 heteroatoms. The molecule has 2 aliphatic rings. The zero-order valence-corrected chi connectivity index (χ0v) is 22.2. The third-order valence-corrected chi connectivity index (χ3v) is 9.67. The Bertz CT molecular complexity index is 1580. The van der Waals surface area contributed by atoms with Gasteiger partial charge in [0.25, 0.3) is 10.0 Å². The number of alkyl halides is 3. The van der Waals surface area contributed by atoms with Crippen LogP contribution in [0.1, 0.15) is 18.4 Å². The van der Waals surface area contributed by atoms with Crippen LogP contribution in [-0.2, 0) is 26.0 Å². The molecule has 0 aliphatic carbocycles. The van der Waals surface area contributed by atoms with E-state index in [1.54, 1.807) is 0 Å². The zero-order valence-electron chi connectivity index (χ0n) is 20.6. The number of carbonyl (C=O) groups excluding carboxylic acids is 1. The molecule has 0 saturated carbocycles. The Morgan fingerprint density at radius 1 is 1.27 bits per heavy atom. The summed E-state index contributed by atoms with van der Waals surface area (Å²) in [6.07, 6.45) is -2.15. The van der Waals surface area contributed by atoms with Crippen LogP contribution in [0, 0.1) is 0 Å². The SMILES string of the molecule is Nc1nccc2cc(CC(C(=O)O)N3CC[C@H](NS(=O)(=O)c4cnc(N5CCC5)s4)C3=O)c(OC(F)(F)F)cc12. The number of nitrogens with one attached hydrogen (secondary N) is 1. The van der Waals surface area contributed by atoms with E-state index in [0.717, 1.165) is 41.8 Å². The molecule has 4 heterocycles. The summed E-state index contributed by atoms with van der Waals surface area (Å²) in [5.41, 5.74) is 5.65. The maximum atomic E-state index is 13.2. The molecule has 1 aromatic carbocycles. The molecular formula is C23H23F3N6O6S2. The van der Waals surface area contributed by atoms with Gasteiger partial charge in [-0.25, -0.2) is 23.2 Å². The molecule has 2 atom stereocenters. The second-order valence-corrected chi connectivity index (χ2v) is 12.2. The van der Waals surface area contributed by atoms with Crippen LogP contribution < -0.4 is 20.1 Å². The molecule has 0 bridgehead atoms. The van der Waals surface area contributed by atoms with Crippen molar-refractivity contribution in [3.05, 3.63) is 36.2 Å². The van der Waals surface area contributed by atoms with Crippen molar-refractivity contribution in [1.29, 1.82) is 0 Å². The van der Waals surface area contributed by atoms with E-state index < -0.39 is 52.5 Å². The van der Waals surface area contributed by atoms with E-state index in [2.05, 4.69) is 19.4 Å². The quantitative estimate of drug-likeness (QED) is 0.330. The van der Waals surface area contributed by atoms with Gasteiger partial charge in [-0.2, -0.15) is 4.72 Å². The summed E-state index contributed by atoms with van der Waals surface area (Å²) >= 11 is 0.956. The topological polar surface area (TPSA) is 168 Å². The largest absolute Gasteiger partial charge is 0.573 e. The number of carbonyl (C=O) groups is 2. The molecule has 2 aliphatic heterocycles. The Kier molecular flexibility index (Phi) is 7.22. The first kappa shape index (κ1) is 27.9. The van der Waals surface area contributed by atoms with Crippen LogP contribution in [0.2, 0.25) is 0 Å². The Morgan fingerprint density at radius 2 is 2.02 bits per heavy atom. The fourth-order valence-corrected chi connectivity index (χ4v) is 6.99. The lowest BCUT2D eigenvalue weighted by molar-refractivity contribution is -0.274. The fourth-order valence-electron chi connectivity index (χ4n) is 4.58. The van der Waals surface area contributed by atoms with Crippen LogP contribution in [-0.4, -0.2) is 78.3 Å². The van der Waals surface area contributed by atoms with Gasteiger partial charge in [-0.3, -0.25) is 4.79 Å². The van der Waals surface area contributed by atoms with Crippen LogP contribution >= 0.6 is 11.3 Å². The summed E-state index contributed by atoms with van der Waals surface area (Å²) in [5, 5.41) is 11.0. The first-order valence-electron chi connectivity index (χ1n) is 12.0. The second kappa shape index (κ2) is 10.4. The number of hydrogen-bond acceptors (Lipinski definition) is 10. The highest BCUT2D eigenvalue weighted by molar-refractivity contribution is 7.91. The molecule has 2 aromatic heterocycles. The van der Waals surface area contributed by atoms with Gasteiger partial charge in [0.15, 0.2) is 9.34 Å². The van der Waals surface area contributed by atoms with Gasteiger partial charge >= 0.3 is 12.3 Å². The molecule has 2 saturated heterocycles. The molecule has 4 N–H and O–H groups in total. The average Bonchev–Trinajstić information content (AvgIpc) is 3.44. The number of fused-ring (bicyclic) bond motifs is 1. The molecule has 5 rings (SSSR count). The van der Waals surface area contributed by atoms with E-state index in [9.17, 15) is 36.3 Å². The number of carboxylic acid groups (broad SMARTS) is 1. The number of sulfonamides is 1. The van der Waals surface area contributed by atoms with Gasteiger partial charge < -0.3 is 25.4 Å². The Morgan fingerprint density at radius 3 is 2.67 bits per heavy atom. The minimum Gasteiger partial charge on any atom is -0.480 e. The Balaban J connectivity index is 1.37. The number of thiazole rings is 1. The van der Waals surface area contributed by atoms with Crippen molar-refractivity contribution in [1.82, 2.24) is 19.6 Å². The fraction of sp³-hybridized carbons (Fsp3) is 0.391. The molecule has 0 spiro atoms. The van der Waals surface area contributed by atoms with Gasteiger partial charge in [0.05, 0.1) is 6.20 Å². The molecule has 1 amide bonds. The molecule has 12 nitrogen and oxygen atoms in total. The lowest BCUT2D eigenvalue weighted by Gasteiger charge is -2.30. The number of likely N-dealkylation sites (tertiary alicyclic amines) is 1. The zero-order chi connectivity index (χ0) is 28.8. The van der Waals surface area contributed by atoms with Crippen LogP contribution in [0.25, 0.3) is 10.8 Å². The predicted molar refractivity (Wildman–Crippen MR) is 137 cm³/mol. The molecule has 3 aromatic rings. The van der Waals surface area contributed by atoms with Crippen molar-refractivity contribution in [2.24, 2.45) is 0 Å². The normalized spacial score (nSPS) is 18.7. The minimum atomic E-state index is -5.09. The van der Waals surface area contributed by atoms with E-state index in [4.69, 9.17) is 5.73 Å². The van der Waals surface area contributed by atoms with Crippen molar-refractivity contribution in [3.8, 4) is 5.75 Å². The number of rotatable bonds is 9. The molecule has 214 valence electrons. The van der Waals surface area contributed by atoms with Gasteiger partial charge in [-0.1, -0.05) is 11.3 Å². The number of ether oxygens (including phenoxy) is 1. The van der Waals surface area contributed by atoms with Crippen molar-refractivity contribution in [3.63, 3.8) is 0 Å². The minimum absolute atomic E-state index is 0.0362. The maximum absolute atomic E-state index is 13.2. The van der Waals surface area contributed by atoms with E-state index in [-0.39, 0.29) is 33.9 Å². The van der Waals surface area contributed by atoms with E-state index in [1.807, 2.05) is 4.90 Å². The van der Waals surface area contributed by atoms with E-state index >= 15 is 0 Å². The number of hydrogen-bond donors (Lipinski definition) is 3. The summed E-state index contributed by atoms with van der Waals surface area (Å²) in [5.74, 6) is -3.02. The highest BCUT2D eigenvalue weighted by Crippen LogP contribution is 2.34. The number of aromatic nitrogens is 2. The molecule has 0 radical (unpaired) electrons. The number of pyridine rings is 1. The average molecular weight is 601 g/mol. The number of nitrogen functional groups attached to an aromatic ring is 1. The maximum Gasteiger partial charge on any atom is 0.573 e. The monoisotopic (exact) mass is 600 g/mol. The van der Waals surface area contributed by atoms with Crippen LogP contribution in [0.4, 0.5) is 24.1 Å². The number of anilines is 2. The lowest BCUT2D eigenvalue weighted by Crippen LogP contribution is -2.48. The number of nitrogens with two attached hydrogens (primary N) is 1. The summed E-state index contributed by atoms with van der Waals surface area (Å²) in [4.78, 5) is 36.2. The number of nitrogens with zero attached hydrogens (tertiary/aromatic N) is 4. The van der Waals surface area contributed by atoms with Gasteiger partial charge in [0.2, 0.25) is 5.91 Å². The van der Waals surface area contributed by atoms with Gasteiger partial charge in [0.1, 0.15) is 23.7 Å². The summed E-state index contributed by atoms with van der Waals surface area (Å²) in [6, 6.07) is 0.947. The van der Waals surface area contributed by atoms with Crippen LogP contribution in [0.15, 0.2) is 34.8 Å². The molecular weight excluding hydrogens is 577 g/mol. The van der Waals surface area contributed by atoms with Gasteiger partial charge in [-0.15, -0.1) is 13.2 Å². The van der Waals surface area contributed by atoms with E-state index in [0.29, 0.717) is 10.5 Å². The van der Waals surface area contributed by atoms with Crippen molar-refractivity contribution in [2.75, 3.05) is 30.3 Å².